The fraction of sp³-hybridized carbons (Fsp3) is 0.615. The molecule has 0 radical (unpaired) electrons. The molecule has 1 fully saturated rings. The highest BCUT2D eigenvalue weighted by atomic mass is 79.9. The van der Waals surface area contributed by atoms with Crippen LogP contribution in [0.2, 0.25) is 0 Å². The molecule has 1 aromatic rings. The molecule has 106 valence electrons. The van der Waals surface area contributed by atoms with Gasteiger partial charge in [0.15, 0.2) is 0 Å². The van der Waals surface area contributed by atoms with E-state index in [9.17, 15) is 9.00 Å². The molecule has 2 unspecified atom stereocenters. The van der Waals surface area contributed by atoms with E-state index in [4.69, 9.17) is 0 Å². The van der Waals surface area contributed by atoms with Crippen molar-refractivity contribution in [1.82, 2.24) is 9.88 Å². The smallest absolute Gasteiger partial charge is 0.268 e. The van der Waals surface area contributed by atoms with Crippen LogP contribution >= 0.6 is 15.9 Å². The number of nitrogens with one attached hydrogen (secondary N) is 1. The number of halogens is 1. The number of carbonyl (C=O) groups is 1. The molecular weight excluding hydrogens is 328 g/mol. The lowest BCUT2D eigenvalue weighted by atomic mass is 10.2. The third-order valence-corrected chi connectivity index (χ3v) is 4.45. The van der Waals surface area contributed by atoms with Crippen molar-refractivity contribution in [3.63, 3.8) is 0 Å². The molecule has 6 heteroatoms. The van der Waals surface area contributed by atoms with Crippen LogP contribution in [0.3, 0.4) is 0 Å². The number of rotatable bonds is 6. The topological polar surface area (TPSA) is 51.1 Å². The van der Waals surface area contributed by atoms with Gasteiger partial charge in [0.05, 0.1) is 0 Å². The van der Waals surface area contributed by atoms with E-state index in [-0.39, 0.29) is 11.9 Å². The highest BCUT2D eigenvalue weighted by molar-refractivity contribution is 9.10. The summed E-state index contributed by atoms with van der Waals surface area (Å²) in [5.41, 5.74) is 0.707. The minimum atomic E-state index is -0.807. The van der Waals surface area contributed by atoms with Crippen LogP contribution in [0.25, 0.3) is 0 Å². The van der Waals surface area contributed by atoms with E-state index >= 15 is 0 Å². The number of carbonyl (C=O) groups excluding carboxylic acids is 1. The summed E-state index contributed by atoms with van der Waals surface area (Å²) in [4.78, 5) is 12.2. The molecular formula is C13H19BrN2O2S. The molecule has 19 heavy (non-hydrogen) atoms. The van der Waals surface area contributed by atoms with Crippen molar-refractivity contribution in [2.45, 2.75) is 38.3 Å². The molecule has 0 aliphatic heterocycles. The highest BCUT2D eigenvalue weighted by Gasteiger charge is 2.28. The normalized spacial score (nSPS) is 18.1. The highest BCUT2D eigenvalue weighted by Crippen LogP contribution is 2.37. The lowest BCUT2D eigenvalue weighted by molar-refractivity contribution is 0.0930. The summed E-state index contributed by atoms with van der Waals surface area (Å²) in [5.74, 6) is 0.571. The molecule has 4 nitrogen and oxygen atoms in total. The van der Waals surface area contributed by atoms with E-state index in [1.54, 1.807) is 6.26 Å². The first-order valence-corrected chi connectivity index (χ1v) is 8.97. The summed E-state index contributed by atoms with van der Waals surface area (Å²) in [6.45, 7) is 1.95. The average molecular weight is 347 g/mol. The van der Waals surface area contributed by atoms with Gasteiger partial charge < -0.3 is 9.88 Å². The van der Waals surface area contributed by atoms with Crippen LogP contribution in [0.4, 0.5) is 0 Å². The molecule has 1 aliphatic carbocycles. The number of nitrogens with zero attached hydrogens (tertiary/aromatic N) is 1. The molecule has 1 saturated carbocycles. The fourth-order valence-corrected chi connectivity index (χ4v) is 3.12. The van der Waals surface area contributed by atoms with E-state index in [1.807, 2.05) is 23.8 Å². The van der Waals surface area contributed by atoms with Crippen LogP contribution in [0.5, 0.6) is 0 Å². The van der Waals surface area contributed by atoms with Gasteiger partial charge in [-0.15, -0.1) is 0 Å². The molecule has 1 amide bonds. The molecule has 1 aromatic heterocycles. The lowest BCUT2D eigenvalue weighted by Gasteiger charge is -2.14. The Bertz CT molecular complexity index is 497. The number of hydrogen-bond acceptors (Lipinski definition) is 2. The average Bonchev–Trinajstić information content (AvgIpc) is 3.09. The molecule has 0 spiro atoms. The van der Waals surface area contributed by atoms with Crippen molar-refractivity contribution < 1.29 is 9.00 Å². The number of hydrogen-bond donors (Lipinski definition) is 1. The van der Waals surface area contributed by atoms with Crippen LogP contribution in [0.15, 0.2) is 16.7 Å². The first-order chi connectivity index (χ1) is 8.97. The van der Waals surface area contributed by atoms with Gasteiger partial charge >= 0.3 is 0 Å². The van der Waals surface area contributed by atoms with Gasteiger partial charge in [-0.25, -0.2) is 0 Å². The van der Waals surface area contributed by atoms with Gasteiger partial charge in [0.25, 0.3) is 5.91 Å². The summed E-state index contributed by atoms with van der Waals surface area (Å²) in [6, 6.07) is 2.38. The van der Waals surface area contributed by atoms with Gasteiger partial charge in [-0.05, 0) is 48.2 Å². The van der Waals surface area contributed by atoms with Crippen LogP contribution in [0.1, 0.15) is 42.7 Å². The Morgan fingerprint density at radius 2 is 2.32 bits per heavy atom. The quantitative estimate of drug-likeness (QED) is 0.860. The van der Waals surface area contributed by atoms with E-state index in [0.29, 0.717) is 17.5 Å². The third kappa shape index (κ3) is 4.18. The summed E-state index contributed by atoms with van der Waals surface area (Å²) in [5, 5.41) is 2.97. The molecule has 0 saturated heterocycles. The van der Waals surface area contributed by atoms with E-state index in [2.05, 4.69) is 21.2 Å². The molecule has 2 rings (SSSR count). The van der Waals surface area contributed by atoms with Crippen LogP contribution in [0, 0.1) is 0 Å². The van der Waals surface area contributed by atoms with Gasteiger partial charge in [-0.2, -0.15) is 0 Å². The maximum Gasteiger partial charge on any atom is 0.268 e. The zero-order valence-electron chi connectivity index (χ0n) is 11.2. The molecule has 0 aromatic carbocycles. The Morgan fingerprint density at radius 3 is 2.89 bits per heavy atom. The van der Waals surface area contributed by atoms with Gasteiger partial charge in [0.2, 0.25) is 0 Å². The Balaban J connectivity index is 1.97. The maximum absolute atomic E-state index is 12.2. The van der Waals surface area contributed by atoms with Gasteiger partial charge in [0, 0.05) is 45.6 Å². The van der Waals surface area contributed by atoms with Crippen molar-refractivity contribution >= 4 is 32.6 Å². The number of aromatic nitrogens is 1. The van der Waals surface area contributed by atoms with Crippen molar-refractivity contribution in [2.75, 3.05) is 12.0 Å². The lowest BCUT2D eigenvalue weighted by Crippen LogP contribution is -2.34. The second-order valence-electron chi connectivity index (χ2n) is 5.12. The number of amides is 1. The largest absolute Gasteiger partial charge is 0.348 e. The third-order valence-electron chi connectivity index (χ3n) is 3.20. The van der Waals surface area contributed by atoms with Gasteiger partial charge in [-0.3, -0.25) is 9.00 Å². The predicted molar refractivity (Wildman–Crippen MR) is 80.9 cm³/mol. The van der Waals surface area contributed by atoms with Crippen molar-refractivity contribution in [1.29, 1.82) is 0 Å². The van der Waals surface area contributed by atoms with Crippen LogP contribution in [-0.4, -0.2) is 32.7 Å². The summed E-state index contributed by atoms with van der Waals surface area (Å²) in [6.07, 6.45) is 6.68. The minimum absolute atomic E-state index is 0.0396. The first-order valence-electron chi connectivity index (χ1n) is 6.45. The standard InChI is InChI=1S/C13H19BrN2O2S/c1-9(5-6-19(2)18)15-13(17)12-7-10(14)8-16(12)11-3-4-11/h7-9,11H,3-6H2,1-2H3,(H,15,17). The van der Waals surface area contributed by atoms with E-state index < -0.39 is 10.8 Å². The van der Waals surface area contributed by atoms with E-state index in [1.165, 1.54) is 0 Å². The molecule has 1 N–H and O–H groups in total. The fourth-order valence-electron chi connectivity index (χ4n) is 2.00. The molecule has 2 atom stereocenters. The van der Waals surface area contributed by atoms with Gasteiger partial charge in [-0.1, -0.05) is 0 Å². The Hall–Kier alpha value is -0.620. The van der Waals surface area contributed by atoms with Crippen molar-refractivity contribution in [3.8, 4) is 0 Å². The maximum atomic E-state index is 12.2. The predicted octanol–water partition coefficient (Wildman–Crippen LogP) is 2.47. The second kappa shape index (κ2) is 6.22. The van der Waals surface area contributed by atoms with Crippen LogP contribution < -0.4 is 5.32 Å². The summed E-state index contributed by atoms with van der Waals surface area (Å²) in [7, 11) is -0.807. The summed E-state index contributed by atoms with van der Waals surface area (Å²) >= 11 is 3.42. The zero-order valence-corrected chi connectivity index (χ0v) is 13.6. The Morgan fingerprint density at radius 1 is 1.63 bits per heavy atom. The van der Waals surface area contributed by atoms with Crippen LogP contribution in [-0.2, 0) is 10.8 Å². The Kier molecular flexibility index (Phi) is 4.84. The monoisotopic (exact) mass is 346 g/mol. The van der Waals surface area contributed by atoms with Crippen molar-refractivity contribution in [3.05, 3.63) is 22.4 Å². The van der Waals surface area contributed by atoms with Gasteiger partial charge in [0.1, 0.15) is 5.69 Å². The van der Waals surface area contributed by atoms with E-state index in [0.717, 1.165) is 23.7 Å². The summed E-state index contributed by atoms with van der Waals surface area (Å²) < 4.78 is 14.0. The minimum Gasteiger partial charge on any atom is -0.348 e. The zero-order chi connectivity index (χ0) is 14.0. The molecule has 1 aliphatic rings. The van der Waals surface area contributed by atoms with Crippen molar-refractivity contribution in [2.24, 2.45) is 0 Å². The first kappa shape index (κ1) is 14.8. The molecule has 0 bridgehead atoms. The Labute approximate surface area is 124 Å². The SMILES string of the molecule is CC(CCS(C)=O)NC(=O)c1cc(Br)cn1C1CC1. The second-order valence-corrected chi connectivity index (χ2v) is 7.59. The molecule has 1 heterocycles.